The van der Waals surface area contributed by atoms with Crippen molar-refractivity contribution in [3.05, 3.63) is 59.5 Å². The van der Waals surface area contributed by atoms with Crippen LogP contribution in [0.5, 0.6) is 0 Å². The molecule has 0 aliphatic carbocycles. The van der Waals surface area contributed by atoms with Crippen LogP contribution >= 0.6 is 0 Å². The number of aromatic carboxylic acids is 1. The van der Waals surface area contributed by atoms with Gasteiger partial charge in [-0.25, -0.2) is 9.59 Å². The van der Waals surface area contributed by atoms with Crippen LogP contribution in [0.1, 0.15) is 26.7 Å². The van der Waals surface area contributed by atoms with E-state index in [1.165, 1.54) is 12.1 Å². The van der Waals surface area contributed by atoms with E-state index < -0.39 is 11.9 Å². The second kappa shape index (κ2) is 5.63. The molecule has 0 unspecified atom stereocenters. The highest BCUT2D eigenvalue weighted by Gasteiger charge is 2.08. The van der Waals surface area contributed by atoms with Gasteiger partial charge in [-0.1, -0.05) is 23.4 Å². The van der Waals surface area contributed by atoms with Crippen LogP contribution in [-0.2, 0) is 4.84 Å². The highest BCUT2D eigenvalue weighted by molar-refractivity contribution is 5.90. The fourth-order valence-corrected chi connectivity index (χ4v) is 1.29. The van der Waals surface area contributed by atoms with Gasteiger partial charge in [0.05, 0.1) is 5.56 Å². The predicted octanol–water partition coefficient (Wildman–Crippen LogP) is 2.17. The van der Waals surface area contributed by atoms with E-state index in [1.807, 2.05) is 0 Å². The molecule has 1 N–H and O–H groups in total. The molecule has 0 aliphatic heterocycles. The van der Waals surface area contributed by atoms with Crippen LogP contribution in [0.25, 0.3) is 0 Å². The van der Waals surface area contributed by atoms with Crippen LogP contribution in [0.3, 0.4) is 0 Å². The largest absolute Gasteiger partial charge is 0.475 e. The molecule has 0 aliphatic rings. The third-order valence-electron chi connectivity index (χ3n) is 2.16. The SMILES string of the molecule is O=C(O/N=C/c1ccc(C(=O)O)o1)c1ccccc1. The number of carboxylic acids is 1. The lowest BCUT2D eigenvalue weighted by molar-refractivity contribution is 0.0517. The second-order valence-corrected chi connectivity index (χ2v) is 3.49. The number of nitrogens with zero attached hydrogens (tertiary/aromatic N) is 1. The van der Waals surface area contributed by atoms with Crippen molar-refractivity contribution in [2.45, 2.75) is 0 Å². The van der Waals surface area contributed by atoms with E-state index in [4.69, 9.17) is 9.52 Å². The predicted molar refractivity (Wildman–Crippen MR) is 65.1 cm³/mol. The quantitative estimate of drug-likeness (QED) is 0.516. The molecule has 6 heteroatoms. The minimum atomic E-state index is -1.18. The van der Waals surface area contributed by atoms with Gasteiger partial charge in [0, 0.05) is 0 Å². The van der Waals surface area contributed by atoms with Gasteiger partial charge in [0.1, 0.15) is 12.0 Å². The zero-order valence-electron chi connectivity index (χ0n) is 9.65. The molecule has 0 amide bonds. The van der Waals surface area contributed by atoms with Crippen molar-refractivity contribution in [3.63, 3.8) is 0 Å². The monoisotopic (exact) mass is 259 g/mol. The molecule has 2 rings (SSSR count). The minimum Gasteiger partial charge on any atom is -0.475 e. The lowest BCUT2D eigenvalue weighted by atomic mass is 10.2. The number of rotatable bonds is 4. The highest BCUT2D eigenvalue weighted by atomic mass is 16.7. The van der Waals surface area contributed by atoms with Crippen LogP contribution < -0.4 is 0 Å². The molecule has 1 heterocycles. The second-order valence-electron chi connectivity index (χ2n) is 3.49. The maximum Gasteiger partial charge on any atom is 0.371 e. The van der Waals surface area contributed by atoms with Crippen molar-refractivity contribution in [1.29, 1.82) is 0 Å². The normalized spacial score (nSPS) is 10.5. The molecule has 0 saturated carbocycles. The molecule has 0 spiro atoms. The Morgan fingerprint density at radius 1 is 1.16 bits per heavy atom. The molecule has 0 atom stereocenters. The molecule has 6 nitrogen and oxygen atoms in total. The Balaban J connectivity index is 1.96. The first kappa shape index (κ1) is 12.6. The summed E-state index contributed by atoms with van der Waals surface area (Å²) in [4.78, 5) is 26.7. The Hall–Kier alpha value is -2.89. The van der Waals surface area contributed by atoms with Gasteiger partial charge in [-0.3, -0.25) is 0 Å². The molecule has 1 aromatic carbocycles. The van der Waals surface area contributed by atoms with Crippen LogP contribution in [0.15, 0.2) is 52.0 Å². The summed E-state index contributed by atoms with van der Waals surface area (Å²) >= 11 is 0. The third kappa shape index (κ3) is 3.29. The van der Waals surface area contributed by atoms with Crippen molar-refractivity contribution < 1.29 is 24.0 Å². The van der Waals surface area contributed by atoms with Gasteiger partial charge in [-0.05, 0) is 24.3 Å². The number of furan rings is 1. The molecule has 19 heavy (non-hydrogen) atoms. The molecule has 0 saturated heterocycles. The van der Waals surface area contributed by atoms with Gasteiger partial charge in [0.25, 0.3) is 0 Å². The van der Waals surface area contributed by atoms with E-state index in [1.54, 1.807) is 30.3 Å². The van der Waals surface area contributed by atoms with E-state index in [9.17, 15) is 9.59 Å². The Labute approximate surface area is 107 Å². The number of carboxylic acid groups (broad SMARTS) is 1. The van der Waals surface area contributed by atoms with Crippen LogP contribution in [0, 0.1) is 0 Å². The molecule has 0 bridgehead atoms. The summed E-state index contributed by atoms with van der Waals surface area (Å²) in [5, 5.41) is 12.1. The maximum absolute atomic E-state index is 11.5. The molecule has 1 aromatic heterocycles. The van der Waals surface area contributed by atoms with Crippen LogP contribution in [0.4, 0.5) is 0 Å². The van der Waals surface area contributed by atoms with Crippen molar-refractivity contribution in [2.75, 3.05) is 0 Å². The zero-order chi connectivity index (χ0) is 13.7. The molecule has 0 radical (unpaired) electrons. The highest BCUT2D eigenvalue weighted by Crippen LogP contribution is 2.06. The number of hydrogen-bond acceptors (Lipinski definition) is 5. The van der Waals surface area contributed by atoms with Gasteiger partial charge in [-0.2, -0.15) is 0 Å². The van der Waals surface area contributed by atoms with E-state index in [0.29, 0.717) is 5.56 Å². The standard InChI is InChI=1S/C13H9NO5/c15-12(16)11-7-6-10(18-11)8-14-19-13(17)9-4-2-1-3-5-9/h1-8H,(H,15,16)/b14-8+. The Bertz CT molecular complexity index is 615. The van der Waals surface area contributed by atoms with Gasteiger partial charge >= 0.3 is 11.9 Å². The average molecular weight is 259 g/mol. The summed E-state index contributed by atoms with van der Waals surface area (Å²) in [6.07, 6.45) is 1.12. The summed E-state index contributed by atoms with van der Waals surface area (Å²) in [6, 6.07) is 11.0. The number of carbonyl (C=O) groups is 2. The van der Waals surface area contributed by atoms with Gasteiger partial charge in [0.2, 0.25) is 5.76 Å². The summed E-state index contributed by atoms with van der Waals surface area (Å²) < 4.78 is 4.89. The van der Waals surface area contributed by atoms with Crippen molar-refractivity contribution in [1.82, 2.24) is 0 Å². The summed E-state index contributed by atoms with van der Waals surface area (Å²) in [5.41, 5.74) is 0.366. The molecular weight excluding hydrogens is 250 g/mol. The van der Waals surface area contributed by atoms with Crippen LogP contribution in [-0.4, -0.2) is 23.3 Å². The fourth-order valence-electron chi connectivity index (χ4n) is 1.29. The smallest absolute Gasteiger partial charge is 0.371 e. The molecule has 2 aromatic rings. The number of carbonyl (C=O) groups excluding carboxylic acids is 1. The van der Waals surface area contributed by atoms with E-state index in [-0.39, 0.29) is 11.5 Å². The van der Waals surface area contributed by atoms with Gasteiger partial charge in [0.15, 0.2) is 0 Å². The fraction of sp³-hybridized carbons (Fsp3) is 0. The molecule has 0 fully saturated rings. The summed E-state index contributed by atoms with van der Waals surface area (Å²) in [6.45, 7) is 0. The van der Waals surface area contributed by atoms with Crippen molar-refractivity contribution >= 4 is 18.2 Å². The maximum atomic E-state index is 11.5. The van der Waals surface area contributed by atoms with E-state index in [2.05, 4.69) is 9.99 Å². The van der Waals surface area contributed by atoms with Gasteiger partial charge < -0.3 is 14.4 Å². The topological polar surface area (TPSA) is 89.1 Å². The first-order chi connectivity index (χ1) is 9.16. The lowest BCUT2D eigenvalue weighted by Crippen LogP contribution is -2.00. The lowest BCUT2D eigenvalue weighted by Gasteiger charge is -1.95. The Morgan fingerprint density at radius 3 is 2.53 bits per heavy atom. The molecule has 96 valence electrons. The third-order valence-corrected chi connectivity index (χ3v) is 2.16. The van der Waals surface area contributed by atoms with Crippen LogP contribution in [0.2, 0.25) is 0 Å². The van der Waals surface area contributed by atoms with E-state index in [0.717, 1.165) is 6.21 Å². The zero-order valence-corrected chi connectivity index (χ0v) is 9.65. The van der Waals surface area contributed by atoms with E-state index >= 15 is 0 Å². The first-order valence-electron chi connectivity index (χ1n) is 5.30. The Kier molecular flexibility index (Phi) is 3.72. The molecular formula is C13H9NO5. The first-order valence-corrected chi connectivity index (χ1v) is 5.30. The van der Waals surface area contributed by atoms with Crippen molar-refractivity contribution in [3.8, 4) is 0 Å². The van der Waals surface area contributed by atoms with Crippen molar-refractivity contribution in [2.24, 2.45) is 5.16 Å². The Morgan fingerprint density at radius 2 is 1.89 bits per heavy atom. The average Bonchev–Trinajstić information content (AvgIpc) is 2.89. The van der Waals surface area contributed by atoms with Gasteiger partial charge in [-0.15, -0.1) is 0 Å². The number of benzene rings is 1. The summed E-state index contributed by atoms with van der Waals surface area (Å²) in [7, 11) is 0. The minimum absolute atomic E-state index is 0.179. The number of hydrogen-bond donors (Lipinski definition) is 1. The summed E-state index contributed by atoms with van der Waals surface area (Å²) in [5.74, 6) is -1.82. The number of oxime groups is 1.